The zero-order valence-electron chi connectivity index (χ0n) is 21.8. The molecule has 0 atom stereocenters. The molecule has 0 saturated heterocycles. The molecule has 1 saturated carbocycles. The number of nitrogens with zero attached hydrogens (tertiary/aromatic N) is 6. The van der Waals surface area contributed by atoms with E-state index in [1.807, 2.05) is 5.32 Å². The number of nitrogens with one attached hydrogen (secondary N) is 3. The predicted molar refractivity (Wildman–Crippen MR) is 124 cm³/mol. The van der Waals surface area contributed by atoms with Crippen LogP contribution in [0.4, 0.5) is 31.8 Å². The standard InChI is InChI=1S/C22H23F2N9O2/c1-10-27-16-12-6-7-26-19(18(12)32(3)9-14(16)33(10)22(23)24)28-13-8-15(29-20(34)11-4-5-11)30-31-17(13)21(35)25-2/h6-8,11,22H,4-5,9H2,1-3H3,(H,25,35)(H2,26,28,29,30,34)/i2D3. The zero-order chi connectivity index (χ0) is 27.4. The van der Waals surface area contributed by atoms with E-state index in [1.54, 1.807) is 18.0 Å². The van der Waals surface area contributed by atoms with Crippen LogP contribution in [0.1, 0.15) is 45.5 Å². The Kier molecular flexibility index (Phi) is 4.69. The molecule has 1 aliphatic carbocycles. The minimum atomic E-state index is -2.78. The van der Waals surface area contributed by atoms with Crippen molar-refractivity contribution >= 4 is 34.8 Å². The summed E-state index contributed by atoms with van der Waals surface area (Å²) in [5.74, 6) is -0.925. The van der Waals surface area contributed by atoms with Gasteiger partial charge in [-0.2, -0.15) is 8.78 Å². The fourth-order valence-electron chi connectivity index (χ4n) is 4.12. The molecule has 4 heterocycles. The number of hydrogen-bond acceptors (Lipinski definition) is 8. The summed E-state index contributed by atoms with van der Waals surface area (Å²) in [7, 11) is 1.70. The van der Waals surface area contributed by atoms with Gasteiger partial charge in [-0.05, 0) is 25.8 Å². The average molecular weight is 487 g/mol. The number of hydrogen-bond donors (Lipinski definition) is 3. The summed E-state index contributed by atoms with van der Waals surface area (Å²) in [6, 6.07) is 3.00. The van der Waals surface area contributed by atoms with Crippen molar-refractivity contribution in [2.45, 2.75) is 32.9 Å². The number of fused-ring (bicyclic) bond motifs is 3. The van der Waals surface area contributed by atoms with Gasteiger partial charge in [-0.1, -0.05) is 0 Å². The maximum absolute atomic E-state index is 13.7. The molecule has 2 amide bonds. The highest BCUT2D eigenvalue weighted by Crippen LogP contribution is 2.43. The largest absolute Gasteiger partial charge is 0.365 e. The summed E-state index contributed by atoms with van der Waals surface area (Å²) in [5, 5.41) is 15.2. The minimum Gasteiger partial charge on any atom is -0.365 e. The van der Waals surface area contributed by atoms with E-state index >= 15 is 0 Å². The number of carbonyl (C=O) groups is 2. The lowest BCUT2D eigenvalue weighted by molar-refractivity contribution is -0.117. The van der Waals surface area contributed by atoms with Crippen molar-refractivity contribution in [3.63, 3.8) is 0 Å². The van der Waals surface area contributed by atoms with Crippen LogP contribution in [0.2, 0.25) is 0 Å². The molecule has 5 rings (SSSR count). The maximum Gasteiger partial charge on any atom is 0.320 e. The third-order valence-electron chi connectivity index (χ3n) is 5.90. The molecule has 3 N–H and O–H groups in total. The Morgan fingerprint density at radius 2 is 2.09 bits per heavy atom. The molecule has 35 heavy (non-hydrogen) atoms. The Morgan fingerprint density at radius 1 is 1.29 bits per heavy atom. The summed E-state index contributed by atoms with van der Waals surface area (Å²) in [6.45, 7) is -3.93. The van der Waals surface area contributed by atoms with Crippen LogP contribution in [0, 0.1) is 12.8 Å². The number of amides is 2. The van der Waals surface area contributed by atoms with Crippen LogP contribution in [0.15, 0.2) is 18.3 Å². The molecule has 0 aromatic carbocycles. The number of carbonyl (C=O) groups excluding carboxylic acids is 2. The third kappa shape index (κ3) is 4.02. The van der Waals surface area contributed by atoms with Crippen LogP contribution < -0.4 is 20.9 Å². The van der Waals surface area contributed by atoms with Crippen molar-refractivity contribution in [3.05, 3.63) is 35.5 Å². The highest BCUT2D eigenvalue weighted by Gasteiger charge is 2.32. The van der Waals surface area contributed by atoms with Gasteiger partial charge in [-0.25, -0.2) is 9.97 Å². The Labute approximate surface area is 203 Å². The molecule has 0 radical (unpaired) electrons. The fraction of sp³-hybridized carbons (Fsp3) is 0.364. The van der Waals surface area contributed by atoms with Crippen LogP contribution in [-0.4, -0.2) is 50.6 Å². The van der Waals surface area contributed by atoms with E-state index in [-0.39, 0.29) is 47.2 Å². The first-order valence-electron chi connectivity index (χ1n) is 12.3. The van der Waals surface area contributed by atoms with Gasteiger partial charge in [0, 0.05) is 41.9 Å². The Balaban J connectivity index is 1.56. The monoisotopic (exact) mass is 486 g/mol. The second-order valence-corrected chi connectivity index (χ2v) is 8.35. The number of imidazole rings is 1. The number of pyridine rings is 1. The van der Waals surface area contributed by atoms with Crippen LogP contribution in [0.5, 0.6) is 0 Å². The van der Waals surface area contributed by atoms with E-state index < -0.39 is 19.4 Å². The van der Waals surface area contributed by atoms with E-state index in [0.717, 1.165) is 17.4 Å². The van der Waals surface area contributed by atoms with Gasteiger partial charge in [0.2, 0.25) is 5.91 Å². The van der Waals surface area contributed by atoms with E-state index in [1.165, 1.54) is 19.2 Å². The van der Waals surface area contributed by atoms with E-state index in [2.05, 4.69) is 30.8 Å². The molecule has 3 aromatic heterocycles. The van der Waals surface area contributed by atoms with Gasteiger partial charge < -0.3 is 20.9 Å². The normalized spacial score (nSPS) is 16.0. The number of halogens is 2. The summed E-state index contributed by atoms with van der Waals surface area (Å²) < 4.78 is 50.3. The number of alkyl halides is 2. The van der Waals surface area contributed by atoms with Gasteiger partial charge in [-0.3, -0.25) is 14.2 Å². The van der Waals surface area contributed by atoms with Crippen LogP contribution in [-0.2, 0) is 11.3 Å². The molecule has 13 heteroatoms. The van der Waals surface area contributed by atoms with Crippen LogP contribution in [0.25, 0.3) is 11.3 Å². The second kappa shape index (κ2) is 8.56. The molecular formula is C22H23F2N9O2. The molecular weight excluding hydrogens is 460 g/mol. The van der Waals surface area contributed by atoms with Crippen molar-refractivity contribution in [1.82, 2.24) is 30.0 Å². The third-order valence-corrected chi connectivity index (χ3v) is 5.90. The highest BCUT2D eigenvalue weighted by molar-refractivity contribution is 6.00. The molecule has 2 aliphatic rings. The summed E-state index contributed by atoms with van der Waals surface area (Å²) >= 11 is 0. The average Bonchev–Trinajstić information content (AvgIpc) is 3.61. The van der Waals surface area contributed by atoms with Crippen molar-refractivity contribution < 1.29 is 22.5 Å². The van der Waals surface area contributed by atoms with Gasteiger partial charge in [0.1, 0.15) is 5.82 Å². The van der Waals surface area contributed by atoms with Crippen molar-refractivity contribution in [1.29, 1.82) is 0 Å². The summed E-state index contributed by atoms with van der Waals surface area (Å²) in [5.41, 5.74) is 1.46. The smallest absolute Gasteiger partial charge is 0.320 e. The molecule has 11 nitrogen and oxygen atoms in total. The first-order chi connectivity index (χ1) is 17.9. The van der Waals surface area contributed by atoms with E-state index in [4.69, 9.17) is 4.11 Å². The maximum atomic E-state index is 13.7. The molecule has 1 aliphatic heterocycles. The number of aryl methyl sites for hydroxylation is 1. The van der Waals surface area contributed by atoms with Crippen molar-refractivity contribution in [2.75, 3.05) is 29.6 Å². The van der Waals surface area contributed by atoms with Gasteiger partial charge in [0.25, 0.3) is 5.91 Å². The minimum absolute atomic E-state index is 0.0298. The van der Waals surface area contributed by atoms with Gasteiger partial charge in [-0.15, -0.1) is 10.2 Å². The highest BCUT2D eigenvalue weighted by atomic mass is 19.3. The molecule has 0 bridgehead atoms. The molecule has 182 valence electrons. The topological polar surface area (TPSA) is 130 Å². The van der Waals surface area contributed by atoms with E-state index in [0.29, 0.717) is 22.6 Å². The number of aromatic nitrogens is 5. The zero-order valence-corrected chi connectivity index (χ0v) is 18.8. The van der Waals surface area contributed by atoms with E-state index in [9.17, 15) is 18.4 Å². The molecule has 0 spiro atoms. The Bertz CT molecular complexity index is 1440. The first-order valence-corrected chi connectivity index (χ1v) is 10.8. The summed E-state index contributed by atoms with van der Waals surface area (Å²) in [6.07, 6.45) is 2.98. The van der Waals surface area contributed by atoms with Gasteiger partial charge in [0.05, 0.1) is 29.3 Å². The van der Waals surface area contributed by atoms with Crippen LogP contribution in [0.3, 0.4) is 0 Å². The Morgan fingerprint density at radius 3 is 2.80 bits per heavy atom. The lowest BCUT2D eigenvalue weighted by Gasteiger charge is -2.29. The lowest BCUT2D eigenvalue weighted by Crippen LogP contribution is -2.26. The predicted octanol–water partition coefficient (Wildman–Crippen LogP) is 2.84. The first kappa shape index (κ1) is 19.2. The van der Waals surface area contributed by atoms with Gasteiger partial charge in [0.15, 0.2) is 17.3 Å². The quantitative estimate of drug-likeness (QED) is 0.485. The second-order valence-electron chi connectivity index (χ2n) is 8.35. The van der Waals surface area contributed by atoms with Gasteiger partial charge >= 0.3 is 6.55 Å². The molecule has 1 fully saturated rings. The van der Waals surface area contributed by atoms with Crippen LogP contribution >= 0.6 is 0 Å². The SMILES string of the molecule is [2H]C([2H])([2H])NC(=O)c1nnc(NC(=O)C2CC2)cc1Nc1nccc2c1N(C)Cc1c-2nc(C)n1C(F)F. The number of rotatable bonds is 6. The lowest BCUT2D eigenvalue weighted by atomic mass is 10.0. The Hall–Kier alpha value is -4.16. The molecule has 3 aromatic rings. The fourth-order valence-corrected chi connectivity index (χ4v) is 4.12. The number of anilines is 4. The molecule has 0 unspecified atom stereocenters. The summed E-state index contributed by atoms with van der Waals surface area (Å²) in [4.78, 5) is 35.4. The van der Waals surface area contributed by atoms with Crippen molar-refractivity contribution in [2.24, 2.45) is 5.92 Å². The van der Waals surface area contributed by atoms with Crippen molar-refractivity contribution in [3.8, 4) is 11.3 Å².